The highest BCUT2D eigenvalue weighted by molar-refractivity contribution is 5.84. The number of hydrogen-bond donors (Lipinski definition) is 1. The lowest BCUT2D eigenvalue weighted by molar-refractivity contribution is -0.127. The smallest absolute Gasteiger partial charge is 0.239 e. The summed E-state index contributed by atoms with van der Waals surface area (Å²) < 4.78 is 0. The molecule has 0 aliphatic carbocycles. The number of nitrogens with zero attached hydrogens (tertiary/aromatic N) is 2. The van der Waals surface area contributed by atoms with E-state index in [0.29, 0.717) is 12.5 Å². The quantitative estimate of drug-likeness (QED) is 0.846. The van der Waals surface area contributed by atoms with E-state index >= 15 is 0 Å². The van der Waals surface area contributed by atoms with Gasteiger partial charge in [-0.1, -0.05) is 13.8 Å². The molecule has 4 heteroatoms. The summed E-state index contributed by atoms with van der Waals surface area (Å²) in [5.74, 6) is 0.420. The third-order valence-corrected chi connectivity index (χ3v) is 4.28. The molecule has 4 nitrogen and oxygen atoms in total. The molecule has 1 N–H and O–H groups in total. The van der Waals surface area contributed by atoms with Crippen molar-refractivity contribution in [2.75, 3.05) is 26.7 Å². The van der Waals surface area contributed by atoms with Crippen molar-refractivity contribution in [3.8, 4) is 6.07 Å². The molecular formula is C15H27N3O. The average Bonchev–Trinajstić information content (AvgIpc) is 2.36. The fourth-order valence-electron chi connectivity index (χ4n) is 2.53. The molecule has 1 aliphatic rings. The Morgan fingerprint density at radius 3 is 2.58 bits per heavy atom. The highest BCUT2D eigenvalue weighted by Crippen LogP contribution is 2.33. The van der Waals surface area contributed by atoms with E-state index in [1.165, 1.54) is 19.4 Å². The van der Waals surface area contributed by atoms with Crippen molar-refractivity contribution in [3.05, 3.63) is 0 Å². The molecule has 0 bridgehead atoms. The summed E-state index contributed by atoms with van der Waals surface area (Å²) in [4.78, 5) is 14.3. The number of piperidine rings is 1. The standard InChI is InChI=1S/C15H27N3O/c1-14(2,10-16)13(19)17-11-15(3,4)12-7-6-8-18(5)9-12/h12H,6-9,11H2,1-5H3,(H,17,19). The van der Waals surface area contributed by atoms with Crippen molar-refractivity contribution in [3.63, 3.8) is 0 Å². The summed E-state index contributed by atoms with van der Waals surface area (Å²) in [7, 11) is 2.15. The largest absolute Gasteiger partial charge is 0.354 e. The number of nitrogens with one attached hydrogen (secondary N) is 1. The molecule has 108 valence electrons. The molecule has 1 saturated heterocycles. The maximum absolute atomic E-state index is 11.9. The van der Waals surface area contributed by atoms with Crippen molar-refractivity contribution >= 4 is 5.91 Å². The van der Waals surface area contributed by atoms with Crippen LogP contribution in [0.15, 0.2) is 0 Å². The van der Waals surface area contributed by atoms with E-state index in [0.717, 1.165) is 6.54 Å². The van der Waals surface area contributed by atoms with Crippen LogP contribution in [-0.4, -0.2) is 37.5 Å². The van der Waals surface area contributed by atoms with E-state index in [1.54, 1.807) is 13.8 Å². The fourth-order valence-corrected chi connectivity index (χ4v) is 2.53. The number of amides is 1. The summed E-state index contributed by atoms with van der Waals surface area (Å²) in [6.07, 6.45) is 2.44. The van der Waals surface area contributed by atoms with Gasteiger partial charge in [0.1, 0.15) is 5.41 Å². The predicted octanol–water partition coefficient (Wildman–Crippen LogP) is 2.02. The van der Waals surface area contributed by atoms with Crippen LogP contribution in [0.3, 0.4) is 0 Å². The molecule has 0 aromatic heterocycles. The van der Waals surface area contributed by atoms with Gasteiger partial charge in [0.2, 0.25) is 5.91 Å². The van der Waals surface area contributed by atoms with Crippen molar-refractivity contribution < 1.29 is 4.79 Å². The molecule has 0 aromatic rings. The maximum atomic E-state index is 11.9. The van der Waals surface area contributed by atoms with Crippen LogP contribution in [0.4, 0.5) is 0 Å². The molecule has 1 aliphatic heterocycles. The molecule has 1 heterocycles. The minimum Gasteiger partial charge on any atom is -0.354 e. The van der Waals surface area contributed by atoms with Gasteiger partial charge in [0.25, 0.3) is 0 Å². The number of likely N-dealkylation sites (tertiary alicyclic amines) is 1. The van der Waals surface area contributed by atoms with Crippen LogP contribution in [0.5, 0.6) is 0 Å². The molecule has 1 unspecified atom stereocenters. The Morgan fingerprint density at radius 2 is 2.05 bits per heavy atom. The van der Waals surface area contributed by atoms with Gasteiger partial charge in [0, 0.05) is 13.1 Å². The van der Waals surface area contributed by atoms with Crippen molar-refractivity contribution in [1.29, 1.82) is 5.26 Å². The number of carbonyl (C=O) groups is 1. The minimum absolute atomic E-state index is 0.0654. The zero-order chi connectivity index (χ0) is 14.7. The van der Waals surface area contributed by atoms with Crippen LogP contribution in [0, 0.1) is 28.1 Å². The van der Waals surface area contributed by atoms with E-state index in [9.17, 15) is 4.79 Å². The highest BCUT2D eigenvalue weighted by Gasteiger charge is 2.34. The lowest BCUT2D eigenvalue weighted by atomic mass is 9.74. The second kappa shape index (κ2) is 5.92. The Hall–Kier alpha value is -1.08. The SMILES string of the molecule is CN1CCCC(C(C)(C)CNC(=O)C(C)(C)C#N)C1. The topological polar surface area (TPSA) is 56.1 Å². The van der Waals surface area contributed by atoms with Gasteiger partial charge in [-0.05, 0) is 51.6 Å². The molecule has 1 atom stereocenters. The van der Waals surface area contributed by atoms with Gasteiger partial charge in [0.15, 0.2) is 0 Å². The second-order valence-corrected chi connectivity index (χ2v) is 7.01. The fraction of sp³-hybridized carbons (Fsp3) is 0.867. The lowest BCUT2D eigenvalue weighted by Gasteiger charge is -2.40. The first-order valence-electron chi connectivity index (χ1n) is 7.07. The average molecular weight is 265 g/mol. The van der Waals surface area contributed by atoms with Gasteiger partial charge in [0.05, 0.1) is 6.07 Å². The van der Waals surface area contributed by atoms with Crippen LogP contribution in [0.2, 0.25) is 0 Å². The summed E-state index contributed by atoms with van der Waals surface area (Å²) in [6, 6.07) is 2.04. The van der Waals surface area contributed by atoms with E-state index < -0.39 is 5.41 Å². The molecule has 0 saturated carbocycles. The van der Waals surface area contributed by atoms with Gasteiger partial charge < -0.3 is 10.2 Å². The monoisotopic (exact) mass is 265 g/mol. The van der Waals surface area contributed by atoms with Crippen molar-refractivity contribution in [2.24, 2.45) is 16.7 Å². The Bertz CT molecular complexity index is 368. The zero-order valence-electron chi connectivity index (χ0n) is 12.9. The second-order valence-electron chi connectivity index (χ2n) is 7.01. The Kier molecular flexibility index (Phi) is 4.98. The van der Waals surface area contributed by atoms with Crippen LogP contribution in [0.25, 0.3) is 0 Å². The van der Waals surface area contributed by atoms with Gasteiger partial charge in [-0.3, -0.25) is 4.79 Å². The Balaban J connectivity index is 2.55. The van der Waals surface area contributed by atoms with Crippen LogP contribution in [-0.2, 0) is 4.79 Å². The number of hydrogen-bond acceptors (Lipinski definition) is 3. The predicted molar refractivity (Wildman–Crippen MR) is 76.4 cm³/mol. The third-order valence-electron chi connectivity index (χ3n) is 4.28. The van der Waals surface area contributed by atoms with E-state index in [-0.39, 0.29) is 11.3 Å². The van der Waals surface area contributed by atoms with Crippen LogP contribution in [0.1, 0.15) is 40.5 Å². The number of carbonyl (C=O) groups excluding carboxylic acids is 1. The van der Waals surface area contributed by atoms with E-state index in [4.69, 9.17) is 5.26 Å². The van der Waals surface area contributed by atoms with Gasteiger partial charge in [-0.15, -0.1) is 0 Å². The maximum Gasteiger partial charge on any atom is 0.239 e. The van der Waals surface area contributed by atoms with E-state index in [1.807, 2.05) is 6.07 Å². The van der Waals surface area contributed by atoms with Gasteiger partial charge in [-0.2, -0.15) is 5.26 Å². The first-order valence-corrected chi connectivity index (χ1v) is 7.07. The summed E-state index contributed by atoms with van der Waals surface area (Å²) in [5, 5.41) is 11.9. The molecule has 0 radical (unpaired) electrons. The van der Waals surface area contributed by atoms with Gasteiger partial charge >= 0.3 is 0 Å². The lowest BCUT2D eigenvalue weighted by Crippen LogP contribution is -2.47. The Morgan fingerprint density at radius 1 is 1.42 bits per heavy atom. The zero-order valence-corrected chi connectivity index (χ0v) is 12.9. The summed E-state index contributed by atoms with van der Waals surface area (Å²) in [6.45, 7) is 10.6. The molecule has 1 fully saturated rings. The first kappa shape index (κ1) is 16.0. The summed E-state index contributed by atoms with van der Waals surface area (Å²) >= 11 is 0. The van der Waals surface area contributed by atoms with Crippen molar-refractivity contribution in [2.45, 2.75) is 40.5 Å². The third kappa shape index (κ3) is 4.21. The number of rotatable bonds is 4. The number of nitriles is 1. The first-order chi connectivity index (χ1) is 8.69. The normalized spacial score (nSPS) is 21.8. The molecule has 0 spiro atoms. The molecule has 19 heavy (non-hydrogen) atoms. The van der Waals surface area contributed by atoms with Crippen molar-refractivity contribution in [1.82, 2.24) is 10.2 Å². The molecule has 1 rings (SSSR count). The van der Waals surface area contributed by atoms with Gasteiger partial charge in [-0.25, -0.2) is 0 Å². The molecule has 0 aromatic carbocycles. The molecular weight excluding hydrogens is 238 g/mol. The van der Waals surface area contributed by atoms with Crippen LogP contribution >= 0.6 is 0 Å². The van der Waals surface area contributed by atoms with E-state index in [2.05, 4.69) is 31.1 Å². The highest BCUT2D eigenvalue weighted by atomic mass is 16.2. The minimum atomic E-state index is -0.945. The summed E-state index contributed by atoms with van der Waals surface area (Å²) in [5.41, 5.74) is -0.880. The van der Waals surface area contributed by atoms with Crippen LogP contribution < -0.4 is 5.32 Å². The molecule has 1 amide bonds. The Labute approximate surface area is 117 Å².